The molecule has 0 aliphatic carbocycles. The van der Waals surface area contributed by atoms with E-state index in [4.69, 9.17) is 10.2 Å². The molecule has 0 rings (SSSR count). The van der Waals surface area contributed by atoms with Gasteiger partial charge in [-0.05, 0) is 13.8 Å². The van der Waals surface area contributed by atoms with Crippen molar-refractivity contribution in [3.63, 3.8) is 0 Å². The third-order valence-corrected chi connectivity index (χ3v) is 0.883. The molecule has 0 aromatic heterocycles. The van der Waals surface area contributed by atoms with E-state index >= 15 is 0 Å². The molecule has 0 bridgehead atoms. The second-order valence-electron chi connectivity index (χ2n) is 2.09. The normalized spacial score (nSPS) is 12.9. The summed E-state index contributed by atoms with van der Waals surface area (Å²) in [5.74, 6) is -2.12. The van der Waals surface area contributed by atoms with Gasteiger partial charge in [0.2, 0.25) is 0 Å². The summed E-state index contributed by atoms with van der Waals surface area (Å²) < 4.78 is 4.00. The van der Waals surface area contributed by atoms with Gasteiger partial charge in [0.1, 0.15) is 12.2 Å². The molecular weight excluding hydrogens is 232 g/mol. The molecule has 7 heteroatoms. The van der Waals surface area contributed by atoms with Crippen molar-refractivity contribution in [2.75, 3.05) is 0 Å². The second-order valence-corrected chi connectivity index (χ2v) is 2.09. The SMILES string of the molecule is CC(O)C(=O)OC(=O)C(C)O.[CaH2].[CaH2]. The topological polar surface area (TPSA) is 83.8 Å². The Bertz CT molecular complexity index is 150. The monoisotopic (exact) mass is 246 g/mol. The van der Waals surface area contributed by atoms with Crippen LogP contribution in [0.3, 0.4) is 0 Å². The van der Waals surface area contributed by atoms with Gasteiger partial charge in [-0.2, -0.15) is 0 Å². The van der Waals surface area contributed by atoms with Crippen molar-refractivity contribution in [1.82, 2.24) is 0 Å². The third-order valence-electron chi connectivity index (χ3n) is 0.883. The Labute approximate surface area is 136 Å². The number of hydrogen-bond donors (Lipinski definition) is 2. The van der Waals surface area contributed by atoms with Gasteiger partial charge in [-0.15, -0.1) is 0 Å². The van der Waals surface area contributed by atoms with Crippen LogP contribution in [0.25, 0.3) is 0 Å². The molecule has 2 atom stereocenters. The summed E-state index contributed by atoms with van der Waals surface area (Å²) in [6.45, 7) is 2.33. The molecule has 2 N–H and O–H groups in total. The van der Waals surface area contributed by atoms with Gasteiger partial charge in [-0.1, -0.05) is 0 Å². The van der Waals surface area contributed by atoms with Crippen LogP contribution in [0.1, 0.15) is 13.8 Å². The van der Waals surface area contributed by atoms with Crippen molar-refractivity contribution in [3.05, 3.63) is 0 Å². The van der Waals surface area contributed by atoms with Gasteiger partial charge in [0.05, 0.1) is 0 Å². The molecule has 0 saturated heterocycles. The zero-order valence-corrected chi connectivity index (χ0v) is 6.27. The van der Waals surface area contributed by atoms with E-state index in [-0.39, 0.29) is 75.5 Å². The van der Waals surface area contributed by atoms with Gasteiger partial charge in [-0.25, -0.2) is 9.59 Å². The van der Waals surface area contributed by atoms with Crippen LogP contribution in [0.5, 0.6) is 0 Å². The number of ether oxygens (including phenoxy) is 1. The Balaban J connectivity index is -0.000000500. The number of esters is 2. The molecule has 0 spiro atoms. The standard InChI is InChI=1S/C6H10O5.2Ca.4H/c1-3(7)5(9)11-6(10)4(2)8;;;;;;/h3-4,7-8H,1-2H3;;;;;;. The number of aliphatic hydroxyl groups is 2. The van der Waals surface area contributed by atoms with Crippen molar-refractivity contribution < 1.29 is 24.5 Å². The van der Waals surface area contributed by atoms with E-state index in [0.29, 0.717) is 0 Å². The van der Waals surface area contributed by atoms with Crippen LogP contribution in [0, 0.1) is 0 Å². The van der Waals surface area contributed by atoms with E-state index in [1.807, 2.05) is 0 Å². The summed E-state index contributed by atoms with van der Waals surface area (Å²) in [4.78, 5) is 20.9. The molecule has 0 amide bonds. The van der Waals surface area contributed by atoms with E-state index in [1.54, 1.807) is 0 Å². The first-order chi connectivity index (χ1) is 4.95. The molecule has 2 unspecified atom stereocenters. The summed E-state index contributed by atoms with van der Waals surface area (Å²) >= 11 is 0. The molecule has 0 aliphatic rings. The molecule has 0 radical (unpaired) electrons. The third kappa shape index (κ3) is 9.87. The minimum absolute atomic E-state index is 0. The molecule has 0 heterocycles. The minimum atomic E-state index is -1.35. The quantitative estimate of drug-likeness (QED) is 0.308. The number of hydrogen-bond acceptors (Lipinski definition) is 5. The van der Waals surface area contributed by atoms with Crippen LogP contribution in [0.2, 0.25) is 0 Å². The van der Waals surface area contributed by atoms with Crippen LogP contribution < -0.4 is 0 Å². The average molecular weight is 246 g/mol. The predicted octanol–water partition coefficient (Wildman–Crippen LogP) is -3.01. The summed E-state index contributed by atoms with van der Waals surface area (Å²) in [6.07, 6.45) is -2.70. The Hall–Kier alpha value is 1.58. The van der Waals surface area contributed by atoms with Crippen molar-refractivity contribution in [2.45, 2.75) is 26.1 Å². The van der Waals surface area contributed by atoms with Crippen LogP contribution in [-0.4, -0.2) is 110 Å². The molecule has 0 fully saturated rings. The molecule has 0 aromatic carbocycles. The molecular formula is C6H14Ca2O5. The molecule has 5 nitrogen and oxygen atoms in total. The first kappa shape index (κ1) is 20.1. The zero-order chi connectivity index (χ0) is 9.02. The first-order valence-corrected chi connectivity index (χ1v) is 3.06. The van der Waals surface area contributed by atoms with E-state index in [1.165, 1.54) is 0 Å². The summed E-state index contributed by atoms with van der Waals surface area (Å²) in [5.41, 5.74) is 0. The van der Waals surface area contributed by atoms with E-state index in [9.17, 15) is 9.59 Å². The molecule has 0 saturated carbocycles. The van der Waals surface area contributed by atoms with Crippen molar-refractivity contribution >= 4 is 87.4 Å². The van der Waals surface area contributed by atoms with E-state index < -0.39 is 24.1 Å². The fraction of sp³-hybridized carbons (Fsp3) is 0.667. The van der Waals surface area contributed by atoms with Crippen LogP contribution in [-0.2, 0) is 14.3 Å². The van der Waals surface area contributed by atoms with Crippen LogP contribution >= 0.6 is 0 Å². The van der Waals surface area contributed by atoms with Crippen molar-refractivity contribution in [3.8, 4) is 0 Å². The Morgan fingerprint density at radius 2 is 1.23 bits per heavy atom. The van der Waals surface area contributed by atoms with Gasteiger partial charge >= 0.3 is 87.4 Å². The van der Waals surface area contributed by atoms with E-state index in [0.717, 1.165) is 13.8 Å². The number of aliphatic hydroxyl groups excluding tert-OH is 2. The Morgan fingerprint density at radius 1 is 1.00 bits per heavy atom. The molecule has 13 heavy (non-hydrogen) atoms. The average Bonchev–Trinajstić information content (AvgIpc) is 1.87. The second kappa shape index (κ2) is 10.1. The van der Waals surface area contributed by atoms with Gasteiger partial charge < -0.3 is 14.9 Å². The molecule has 72 valence electrons. The van der Waals surface area contributed by atoms with Gasteiger partial charge in [-0.3, -0.25) is 0 Å². The predicted molar refractivity (Wildman–Crippen MR) is 51.5 cm³/mol. The van der Waals surface area contributed by atoms with E-state index in [2.05, 4.69) is 4.74 Å². The number of rotatable bonds is 2. The number of carbonyl (C=O) groups is 2. The summed E-state index contributed by atoms with van der Waals surface area (Å²) in [5, 5.41) is 17.1. The van der Waals surface area contributed by atoms with Crippen molar-refractivity contribution in [1.29, 1.82) is 0 Å². The summed E-state index contributed by atoms with van der Waals surface area (Å²) in [6, 6.07) is 0. The van der Waals surface area contributed by atoms with Gasteiger partial charge in [0.25, 0.3) is 0 Å². The van der Waals surface area contributed by atoms with Gasteiger partial charge in [0.15, 0.2) is 0 Å². The first-order valence-electron chi connectivity index (χ1n) is 3.06. The fourth-order valence-corrected chi connectivity index (χ4v) is 0.270. The molecule has 0 aliphatic heterocycles. The zero-order valence-electron chi connectivity index (χ0n) is 6.27. The summed E-state index contributed by atoms with van der Waals surface area (Å²) in [7, 11) is 0. The Kier molecular flexibility index (Phi) is 15.6. The maximum absolute atomic E-state index is 10.5. The number of carbonyl (C=O) groups excluding carboxylic acids is 2. The van der Waals surface area contributed by atoms with Crippen LogP contribution in [0.4, 0.5) is 0 Å². The maximum atomic E-state index is 10.5. The fourth-order valence-electron chi connectivity index (χ4n) is 0.270. The van der Waals surface area contributed by atoms with Gasteiger partial charge in [0, 0.05) is 0 Å². The van der Waals surface area contributed by atoms with Crippen LogP contribution in [0.15, 0.2) is 0 Å². The van der Waals surface area contributed by atoms with Crippen molar-refractivity contribution in [2.24, 2.45) is 0 Å². The Morgan fingerprint density at radius 3 is 1.38 bits per heavy atom. The molecule has 0 aromatic rings.